The molecule has 2 aromatic rings. The molecule has 3 heterocycles. The van der Waals surface area contributed by atoms with Crippen LogP contribution in [0, 0.1) is 0 Å². The topological polar surface area (TPSA) is 47.0 Å². The van der Waals surface area contributed by atoms with E-state index in [4.69, 9.17) is 14.5 Å². The van der Waals surface area contributed by atoms with Crippen LogP contribution in [0.25, 0.3) is 10.9 Å². The smallest absolute Gasteiger partial charge is 0.165 e. The first-order valence-electron chi connectivity index (χ1n) is 8.84. The van der Waals surface area contributed by atoms with E-state index < -0.39 is 0 Å². The quantitative estimate of drug-likeness (QED) is 0.835. The lowest BCUT2D eigenvalue weighted by atomic mass is 10.1. The molecule has 0 bridgehead atoms. The van der Waals surface area contributed by atoms with Gasteiger partial charge in [-0.3, -0.25) is 4.99 Å². The largest absolute Gasteiger partial charge is 0.494 e. The maximum atomic E-state index is 5.81. The maximum absolute atomic E-state index is 5.81. The molecule has 0 spiro atoms. The van der Waals surface area contributed by atoms with Crippen molar-refractivity contribution in [1.82, 2.24) is 9.88 Å². The highest BCUT2D eigenvalue weighted by Crippen LogP contribution is 2.34. The van der Waals surface area contributed by atoms with E-state index in [1.54, 1.807) is 11.8 Å². The number of fused-ring (bicyclic) bond motifs is 2. The van der Waals surface area contributed by atoms with E-state index in [2.05, 4.69) is 22.0 Å². The van der Waals surface area contributed by atoms with Crippen LogP contribution in [0.1, 0.15) is 25.3 Å². The van der Waals surface area contributed by atoms with Crippen molar-refractivity contribution < 1.29 is 9.47 Å². The average Bonchev–Trinajstić information content (AvgIpc) is 3.13. The summed E-state index contributed by atoms with van der Waals surface area (Å²) >= 11 is 1.66. The van der Waals surface area contributed by atoms with E-state index >= 15 is 0 Å². The Morgan fingerprint density at radius 2 is 2.32 bits per heavy atom. The van der Waals surface area contributed by atoms with Crippen LogP contribution in [-0.4, -0.2) is 48.0 Å². The predicted octanol–water partition coefficient (Wildman–Crippen LogP) is 3.71. The van der Waals surface area contributed by atoms with Crippen molar-refractivity contribution in [3.63, 3.8) is 0 Å². The summed E-state index contributed by atoms with van der Waals surface area (Å²) in [5, 5.41) is 3.21. The number of nitrogens with zero attached hydrogens (tertiary/aromatic N) is 3. The molecule has 2 aliphatic heterocycles. The molecular weight excluding hydrogens is 334 g/mol. The minimum Gasteiger partial charge on any atom is -0.494 e. The van der Waals surface area contributed by atoms with Gasteiger partial charge in [0.2, 0.25) is 0 Å². The van der Waals surface area contributed by atoms with Crippen molar-refractivity contribution in [2.75, 3.05) is 26.8 Å². The van der Waals surface area contributed by atoms with Gasteiger partial charge in [0.05, 0.1) is 18.2 Å². The Bertz CT molecular complexity index is 803. The zero-order valence-corrected chi connectivity index (χ0v) is 15.5. The van der Waals surface area contributed by atoms with E-state index in [1.807, 2.05) is 26.1 Å². The molecular formula is C19H23N3O2S. The lowest BCUT2D eigenvalue weighted by molar-refractivity contribution is 0.0903. The van der Waals surface area contributed by atoms with Crippen LogP contribution in [0.3, 0.4) is 0 Å². The lowest BCUT2D eigenvalue weighted by Crippen LogP contribution is -2.37. The van der Waals surface area contributed by atoms with Crippen molar-refractivity contribution in [3.8, 4) is 5.75 Å². The Morgan fingerprint density at radius 1 is 1.40 bits per heavy atom. The number of aromatic nitrogens is 1. The van der Waals surface area contributed by atoms with Gasteiger partial charge >= 0.3 is 0 Å². The van der Waals surface area contributed by atoms with Gasteiger partial charge in [-0.2, -0.15) is 0 Å². The monoisotopic (exact) mass is 357 g/mol. The third-order valence-electron chi connectivity index (χ3n) is 4.60. The Hall–Kier alpha value is -1.79. The van der Waals surface area contributed by atoms with Crippen molar-refractivity contribution in [3.05, 3.63) is 29.8 Å². The number of rotatable bonds is 4. The van der Waals surface area contributed by atoms with Gasteiger partial charge < -0.3 is 14.4 Å². The van der Waals surface area contributed by atoms with Crippen molar-refractivity contribution in [2.45, 2.75) is 37.4 Å². The van der Waals surface area contributed by atoms with Gasteiger partial charge in [0.1, 0.15) is 10.8 Å². The van der Waals surface area contributed by atoms with Gasteiger partial charge in [-0.25, -0.2) is 4.98 Å². The van der Waals surface area contributed by atoms with E-state index in [-0.39, 0.29) is 0 Å². The second-order valence-corrected chi connectivity index (χ2v) is 7.32. The molecule has 1 aromatic carbocycles. The summed E-state index contributed by atoms with van der Waals surface area (Å²) in [7, 11) is 1.85. The Balaban J connectivity index is 1.64. The number of hydrogen-bond acceptors (Lipinski definition) is 5. The minimum absolute atomic E-state index is 0.317. The molecule has 0 amide bonds. The number of aliphatic imine (C=N–C) groups is 1. The SMILES string of the molecule is CCOc1ccc2nc3c(cc2c1)CN(CC1CCCO1)C(=NC)S3. The number of hydrogen-bond donors (Lipinski definition) is 0. The molecule has 1 aromatic heterocycles. The summed E-state index contributed by atoms with van der Waals surface area (Å²) in [6.07, 6.45) is 2.61. The van der Waals surface area contributed by atoms with Crippen LogP contribution in [0.4, 0.5) is 0 Å². The van der Waals surface area contributed by atoms with Crippen LogP contribution in [0.2, 0.25) is 0 Å². The van der Waals surface area contributed by atoms with Crippen LogP contribution in [0.5, 0.6) is 5.75 Å². The predicted molar refractivity (Wildman–Crippen MR) is 102 cm³/mol. The zero-order chi connectivity index (χ0) is 17.2. The molecule has 0 radical (unpaired) electrons. The standard InChI is InChI=1S/C19H23N3O2S/c1-3-23-15-6-7-17-13(10-15)9-14-11-22(12-16-5-4-8-24-16)19(20-2)25-18(14)21-17/h6-7,9-10,16H,3-5,8,11-12H2,1-2H3. The van der Waals surface area contributed by atoms with Gasteiger partial charge in [-0.15, -0.1) is 0 Å². The fraction of sp³-hybridized carbons (Fsp3) is 0.474. The summed E-state index contributed by atoms with van der Waals surface area (Å²) in [5.74, 6) is 0.896. The second-order valence-electron chi connectivity index (χ2n) is 6.36. The maximum Gasteiger partial charge on any atom is 0.165 e. The normalized spacial score (nSPS) is 21.8. The van der Waals surface area contributed by atoms with Crippen molar-refractivity contribution in [2.24, 2.45) is 4.99 Å². The van der Waals surface area contributed by atoms with Gasteiger partial charge in [0.15, 0.2) is 5.17 Å². The van der Waals surface area contributed by atoms with Gasteiger partial charge in [-0.1, -0.05) is 0 Å². The summed E-state index contributed by atoms with van der Waals surface area (Å²) < 4.78 is 11.4. The lowest BCUT2D eigenvalue weighted by Gasteiger charge is -2.32. The third-order valence-corrected chi connectivity index (χ3v) is 5.77. The minimum atomic E-state index is 0.317. The van der Waals surface area contributed by atoms with Crippen molar-refractivity contribution in [1.29, 1.82) is 0 Å². The molecule has 132 valence electrons. The average molecular weight is 357 g/mol. The van der Waals surface area contributed by atoms with Crippen molar-refractivity contribution >= 4 is 27.8 Å². The Labute approximate surface area is 152 Å². The number of benzene rings is 1. The summed E-state index contributed by atoms with van der Waals surface area (Å²) in [6.45, 7) is 5.28. The summed E-state index contributed by atoms with van der Waals surface area (Å²) in [6, 6.07) is 8.33. The van der Waals surface area contributed by atoms with Crippen LogP contribution in [-0.2, 0) is 11.3 Å². The molecule has 0 aliphatic carbocycles. The molecule has 4 rings (SSSR count). The molecule has 1 unspecified atom stereocenters. The van der Waals surface area contributed by atoms with Crippen LogP contribution < -0.4 is 4.74 Å². The third kappa shape index (κ3) is 3.46. The molecule has 1 atom stereocenters. The first-order valence-corrected chi connectivity index (χ1v) is 9.66. The Morgan fingerprint density at radius 3 is 3.08 bits per heavy atom. The fourth-order valence-electron chi connectivity index (χ4n) is 3.43. The molecule has 6 heteroatoms. The number of thioether (sulfide) groups is 1. The first kappa shape index (κ1) is 16.7. The van der Waals surface area contributed by atoms with E-state index in [9.17, 15) is 0 Å². The summed E-state index contributed by atoms with van der Waals surface area (Å²) in [4.78, 5) is 11.7. The molecule has 5 nitrogen and oxygen atoms in total. The van der Waals surface area contributed by atoms with Gasteiger partial charge in [0, 0.05) is 37.7 Å². The molecule has 1 saturated heterocycles. The van der Waals surface area contributed by atoms with Crippen LogP contribution in [0.15, 0.2) is 34.3 Å². The second kappa shape index (κ2) is 7.22. The van der Waals surface area contributed by atoms with E-state index in [1.165, 1.54) is 5.56 Å². The van der Waals surface area contributed by atoms with Gasteiger partial charge in [-0.05, 0) is 55.8 Å². The number of ether oxygens (including phenoxy) is 2. The highest BCUT2D eigenvalue weighted by molar-refractivity contribution is 8.13. The fourth-order valence-corrected chi connectivity index (χ4v) is 4.36. The number of amidine groups is 1. The highest BCUT2D eigenvalue weighted by Gasteiger charge is 2.27. The molecule has 2 aliphatic rings. The van der Waals surface area contributed by atoms with Gasteiger partial charge in [0.25, 0.3) is 0 Å². The summed E-state index contributed by atoms with van der Waals surface area (Å²) in [5.41, 5.74) is 2.24. The molecule has 1 fully saturated rings. The highest BCUT2D eigenvalue weighted by atomic mass is 32.2. The first-order chi connectivity index (χ1) is 12.3. The molecule has 25 heavy (non-hydrogen) atoms. The van der Waals surface area contributed by atoms with E-state index in [0.29, 0.717) is 12.7 Å². The molecule has 0 N–H and O–H groups in total. The molecule has 0 saturated carbocycles. The Kier molecular flexibility index (Phi) is 4.81. The zero-order valence-electron chi connectivity index (χ0n) is 14.7. The van der Waals surface area contributed by atoms with E-state index in [0.717, 1.165) is 59.4 Å². The van der Waals surface area contributed by atoms with Crippen LogP contribution >= 0.6 is 11.8 Å². The number of pyridine rings is 1.